The molecule has 6 nitrogen and oxygen atoms in total. The molecule has 0 bridgehead atoms. The minimum absolute atomic E-state index is 0.323. The van der Waals surface area contributed by atoms with Gasteiger partial charge in [-0.25, -0.2) is 4.98 Å². The van der Waals surface area contributed by atoms with Crippen molar-refractivity contribution >= 4 is 0 Å². The summed E-state index contributed by atoms with van der Waals surface area (Å²) in [7, 11) is 0. The Morgan fingerprint density at radius 2 is 1.96 bits per heavy atom. The molecule has 0 spiro atoms. The number of piperidine rings is 1. The summed E-state index contributed by atoms with van der Waals surface area (Å²) in [6.07, 6.45) is 1.58. The Kier molecular flexibility index (Phi) is 5.48. The van der Waals surface area contributed by atoms with Crippen molar-refractivity contribution < 1.29 is 9.84 Å². The Morgan fingerprint density at radius 1 is 1.25 bits per heavy atom. The van der Waals surface area contributed by atoms with Crippen LogP contribution in [0.2, 0.25) is 0 Å². The second-order valence-electron chi connectivity index (χ2n) is 6.63. The fraction of sp³-hybridized carbons (Fsp3) is 0.556. The van der Waals surface area contributed by atoms with Gasteiger partial charge >= 0.3 is 0 Å². The third kappa shape index (κ3) is 4.55. The second-order valence-corrected chi connectivity index (χ2v) is 6.63. The molecule has 1 aliphatic heterocycles. The molecule has 1 aromatic carbocycles. The van der Waals surface area contributed by atoms with Gasteiger partial charge in [0.2, 0.25) is 0 Å². The number of H-pyrrole nitrogens is 1. The minimum atomic E-state index is -0.478. The number of nitrogens with one attached hydrogen (secondary N) is 1. The maximum absolute atomic E-state index is 10.2. The predicted octanol–water partition coefficient (Wildman–Crippen LogP) is 2.04. The van der Waals surface area contributed by atoms with Crippen LogP contribution in [-0.2, 0) is 0 Å². The van der Waals surface area contributed by atoms with Crippen LogP contribution in [0.1, 0.15) is 36.0 Å². The standard InChI is InChI=1S/C18H26N4O2/c1-13-3-5-17(6-4-13)24-12-16(23)11-22-9-7-15(8-10-22)18-19-14(2)20-21-18/h3-6,15-16,23H,7-12H2,1-2H3,(H,19,20,21). The van der Waals surface area contributed by atoms with Crippen molar-refractivity contribution in [3.8, 4) is 5.75 Å². The number of rotatable bonds is 6. The number of aliphatic hydroxyl groups excluding tert-OH is 1. The van der Waals surface area contributed by atoms with Crippen LogP contribution in [0.4, 0.5) is 0 Å². The summed E-state index contributed by atoms with van der Waals surface area (Å²) < 4.78 is 5.66. The van der Waals surface area contributed by atoms with Crippen molar-refractivity contribution in [2.45, 2.75) is 38.7 Å². The lowest BCUT2D eigenvalue weighted by Gasteiger charge is -2.32. The number of aromatic amines is 1. The highest BCUT2D eigenvalue weighted by atomic mass is 16.5. The number of hydrogen-bond acceptors (Lipinski definition) is 5. The Morgan fingerprint density at radius 3 is 2.58 bits per heavy atom. The van der Waals surface area contributed by atoms with Gasteiger partial charge in [0, 0.05) is 12.5 Å². The quantitative estimate of drug-likeness (QED) is 0.848. The Bertz CT molecular complexity index is 633. The largest absolute Gasteiger partial charge is 0.491 e. The van der Waals surface area contributed by atoms with E-state index in [1.165, 1.54) is 5.56 Å². The van der Waals surface area contributed by atoms with E-state index < -0.39 is 6.10 Å². The fourth-order valence-corrected chi connectivity index (χ4v) is 3.09. The van der Waals surface area contributed by atoms with E-state index >= 15 is 0 Å². The zero-order valence-electron chi connectivity index (χ0n) is 14.4. The van der Waals surface area contributed by atoms with Gasteiger partial charge in [0.25, 0.3) is 0 Å². The molecule has 130 valence electrons. The van der Waals surface area contributed by atoms with Crippen LogP contribution in [0.3, 0.4) is 0 Å². The molecule has 24 heavy (non-hydrogen) atoms. The summed E-state index contributed by atoms with van der Waals surface area (Å²) in [6, 6.07) is 7.90. The first-order valence-electron chi connectivity index (χ1n) is 8.59. The molecule has 2 N–H and O–H groups in total. The van der Waals surface area contributed by atoms with Gasteiger partial charge < -0.3 is 14.7 Å². The third-order valence-electron chi connectivity index (χ3n) is 4.50. The van der Waals surface area contributed by atoms with Gasteiger partial charge in [-0.1, -0.05) is 17.7 Å². The molecule has 3 rings (SSSR count). The maximum Gasteiger partial charge on any atom is 0.153 e. The number of aryl methyl sites for hydroxylation is 2. The summed E-state index contributed by atoms with van der Waals surface area (Å²) in [5.74, 6) is 3.02. The van der Waals surface area contributed by atoms with Gasteiger partial charge in [0.15, 0.2) is 5.82 Å². The molecule has 1 aliphatic rings. The Labute approximate surface area is 142 Å². The highest BCUT2D eigenvalue weighted by molar-refractivity contribution is 5.26. The topological polar surface area (TPSA) is 74.3 Å². The van der Waals surface area contributed by atoms with Crippen molar-refractivity contribution in [3.05, 3.63) is 41.5 Å². The number of aliphatic hydroxyl groups is 1. The Hall–Kier alpha value is -1.92. The van der Waals surface area contributed by atoms with Crippen molar-refractivity contribution in [1.82, 2.24) is 20.1 Å². The summed E-state index contributed by atoms with van der Waals surface area (Å²) in [5, 5.41) is 17.4. The first-order valence-corrected chi connectivity index (χ1v) is 8.59. The van der Waals surface area contributed by atoms with Crippen molar-refractivity contribution in [2.24, 2.45) is 0 Å². The van der Waals surface area contributed by atoms with E-state index in [2.05, 4.69) is 20.1 Å². The number of β-amino-alcohol motifs (C(OH)–C–C–N with tert-alkyl or cyclic N) is 1. The summed E-state index contributed by atoms with van der Waals surface area (Å²) in [6.45, 7) is 6.85. The monoisotopic (exact) mass is 330 g/mol. The van der Waals surface area contributed by atoms with E-state index in [-0.39, 0.29) is 0 Å². The average Bonchev–Trinajstić information content (AvgIpc) is 3.01. The smallest absolute Gasteiger partial charge is 0.153 e. The molecule has 0 radical (unpaired) electrons. The van der Waals surface area contributed by atoms with Gasteiger partial charge in [-0.05, 0) is 51.9 Å². The predicted molar refractivity (Wildman–Crippen MR) is 92.2 cm³/mol. The number of aromatic nitrogens is 3. The van der Waals surface area contributed by atoms with Gasteiger partial charge in [-0.15, -0.1) is 0 Å². The molecule has 0 saturated carbocycles. The number of hydrogen-bond donors (Lipinski definition) is 2. The molecule has 1 atom stereocenters. The average molecular weight is 330 g/mol. The summed E-state index contributed by atoms with van der Waals surface area (Å²) in [5.41, 5.74) is 1.20. The normalized spacial score (nSPS) is 17.8. The van der Waals surface area contributed by atoms with Crippen LogP contribution in [0.25, 0.3) is 0 Å². The van der Waals surface area contributed by atoms with Crippen LogP contribution in [0.5, 0.6) is 5.75 Å². The van der Waals surface area contributed by atoms with E-state index in [0.29, 0.717) is 19.1 Å². The second kappa shape index (κ2) is 7.77. The fourth-order valence-electron chi connectivity index (χ4n) is 3.09. The van der Waals surface area contributed by atoms with E-state index in [1.54, 1.807) is 0 Å². The van der Waals surface area contributed by atoms with E-state index in [0.717, 1.165) is 43.3 Å². The zero-order valence-corrected chi connectivity index (χ0v) is 14.4. The molecule has 2 heterocycles. The van der Waals surface area contributed by atoms with Crippen LogP contribution >= 0.6 is 0 Å². The first-order chi connectivity index (χ1) is 11.6. The molecule has 1 unspecified atom stereocenters. The van der Waals surface area contributed by atoms with Gasteiger partial charge in [-0.2, -0.15) is 5.10 Å². The lowest BCUT2D eigenvalue weighted by atomic mass is 9.96. The minimum Gasteiger partial charge on any atom is -0.491 e. The molecule has 1 fully saturated rings. The molecule has 2 aromatic rings. The van der Waals surface area contributed by atoms with Crippen LogP contribution < -0.4 is 4.74 Å². The van der Waals surface area contributed by atoms with E-state index in [1.807, 2.05) is 38.1 Å². The van der Waals surface area contributed by atoms with Crippen LogP contribution in [0, 0.1) is 13.8 Å². The Balaban J connectivity index is 1.39. The van der Waals surface area contributed by atoms with Crippen LogP contribution in [0.15, 0.2) is 24.3 Å². The van der Waals surface area contributed by atoms with E-state index in [9.17, 15) is 5.11 Å². The van der Waals surface area contributed by atoms with Crippen LogP contribution in [-0.4, -0.2) is 57.5 Å². The molecule has 1 aromatic heterocycles. The van der Waals surface area contributed by atoms with E-state index in [4.69, 9.17) is 4.74 Å². The number of benzene rings is 1. The maximum atomic E-state index is 10.2. The number of likely N-dealkylation sites (tertiary alicyclic amines) is 1. The van der Waals surface area contributed by atoms with Crippen molar-refractivity contribution in [2.75, 3.05) is 26.2 Å². The van der Waals surface area contributed by atoms with Crippen molar-refractivity contribution in [3.63, 3.8) is 0 Å². The molecule has 0 amide bonds. The highest BCUT2D eigenvalue weighted by Crippen LogP contribution is 2.25. The van der Waals surface area contributed by atoms with Gasteiger partial charge in [0.05, 0.1) is 0 Å². The lowest BCUT2D eigenvalue weighted by molar-refractivity contribution is 0.0591. The molecule has 1 saturated heterocycles. The summed E-state index contributed by atoms with van der Waals surface area (Å²) >= 11 is 0. The first kappa shape index (κ1) is 16.9. The summed E-state index contributed by atoms with van der Waals surface area (Å²) in [4.78, 5) is 6.73. The van der Waals surface area contributed by atoms with Gasteiger partial charge in [-0.3, -0.25) is 5.10 Å². The van der Waals surface area contributed by atoms with Crippen molar-refractivity contribution in [1.29, 1.82) is 0 Å². The number of ether oxygens (including phenoxy) is 1. The zero-order chi connectivity index (χ0) is 16.9. The highest BCUT2D eigenvalue weighted by Gasteiger charge is 2.24. The van der Waals surface area contributed by atoms with Gasteiger partial charge in [0.1, 0.15) is 24.3 Å². The lowest BCUT2D eigenvalue weighted by Crippen LogP contribution is -2.40. The SMILES string of the molecule is Cc1ccc(OCC(O)CN2CCC(c3n[nH]c(C)n3)CC2)cc1. The third-order valence-corrected chi connectivity index (χ3v) is 4.50. The molecular weight excluding hydrogens is 304 g/mol. The molecular formula is C18H26N4O2. The molecule has 0 aliphatic carbocycles. The number of nitrogens with zero attached hydrogens (tertiary/aromatic N) is 3. The molecule has 6 heteroatoms.